The van der Waals surface area contributed by atoms with Gasteiger partial charge in [-0.25, -0.2) is 0 Å². The number of aliphatic imine (C=N–C) groups is 2. The van der Waals surface area contributed by atoms with Crippen LogP contribution in [0.2, 0.25) is 0 Å². The molecule has 8 heteroatoms. The largest absolute Gasteiger partial charge is 0.497 e. The van der Waals surface area contributed by atoms with E-state index in [4.69, 9.17) is 26.0 Å². The van der Waals surface area contributed by atoms with Crippen LogP contribution in [0.4, 0.5) is 0 Å². The number of rotatable bonds is 10. The van der Waals surface area contributed by atoms with Crippen LogP contribution in [0.5, 0.6) is 11.5 Å². The molecule has 1 aromatic rings. The fourth-order valence-electron chi connectivity index (χ4n) is 2.87. The second-order valence-electron chi connectivity index (χ2n) is 6.51. The molecule has 2 rings (SSSR count). The number of benzene rings is 1. The van der Waals surface area contributed by atoms with Gasteiger partial charge in [-0.15, -0.1) is 0 Å². The van der Waals surface area contributed by atoms with Crippen LogP contribution in [0.1, 0.15) is 13.8 Å². The van der Waals surface area contributed by atoms with Gasteiger partial charge in [0.15, 0.2) is 0 Å². The number of morpholine rings is 1. The van der Waals surface area contributed by atoms with E-state index in [9.17, 15) is 0 Å². The molecule has 0 atom stereocenters. The molecule has 0 saturated carbocycles. The van der Waals surface area contributed by atoms with Crippen LogP contribution in [-0.2, 0) is 4.74 Å². The Hall–Kier alpha value is -3.03. The van der Waals surface area contributed by atoms with Crippen molar-refractivity contribution in [2.75, 3.05) is 33.4 Å². The first kappa shape index (κ1) is 24.2. The summed E-state index contributed by atoms with van der Waals surface area (Å²) < 4.78 is 17.8. The lowest BCUT2D eigenvalue weighted by atomic mass is 10.2. The maximum atomic E-state index is 6.68. The highest BCUT2D eigenvalue weighted by Crippen LogP contribution is 2.27. The Morgan fingerprint density at radius 2 is 1.81 bits per heavy atom. The van der Waals surface area contributed by atoms with Crippen molar-refractivity contribution < 1.29 is 14.2 Å². The molecule has 0 radical (unpaired) electrons. The van der Waals surface area contributed by atoms with Gasteiger partial charge in [0.2, 0.25) is 0 Å². The van der Waals surface area contributed by atoms with E-state index in [0.29, 0.717) is 36.1 Å². The molecule has 1 aliphatic rings. The lowest BCUT2D eigenvalue weighted by Crippen LogP contribution is -2.35. The Morgan fingerprint density at radius 1 is 1.16 bits per heavy atom. The first-order valence-corrected chi connectivity index (χ1v) is 10.2. The molecule has 1 aliphatic heterocycles. The molecule has 0 spiro atoms. The monoisotopic (exact) mass is 444 g/mol. The van der Waals surface area contributed by atoms with E-state index in [1.807, 2.05) is 25.3 Å². The van der Waals surface area contributed by atoms with Crippen LogP contribution < -0.4 is 9.47 Å². The zero-order valence-corrected chi connectivity index (χ0v) is 19.0. The molecule has 0 aromatic heterocycles. The van der Waals surface area contributed by atoms with Gasteiger partial charge in [-0.1, -0.05) is 6.08 Å². The normalized spacial score (nSPS) is 16.1. The predicted molar refractivity (Wildman–Crippen MR) is 126 cm³/mol. The lowest BCUT2D eigenvalue weighted by molar-refractivity contribution is 0.0550. The molecule has 31 heavy (non-hydrogen) atoms. The van der Waals surface area contributed by atoms with Crippen LogP contribution in [0.15, 0.2) is 81.7 Å². The van der Waals surface area contributed by atoms with Crippen LogP contribution in [0.25, 0.3) is 0 Å². The third kappa shape index (κ3) is 7.01. The second-order valence-corrected chi connectivity index (χ2v) is 6.88. The molecule has 1 aromatic carbocycles. The Balaban J connectivity index is 2.34. The SMILES string of the molecule is C=NC(=C\Oc1ccc(OC)cc1)/C(=C(\C)N=C)N(Cl)/C=C(\C=C/C)N1CCOCC1. The van der Waals surface area contributed by atoms with Gasteiger partial charge >= 0.3 is 0 Å². The summed E-state index contributed by atoms with van der Waals surface area (Å²) in [6.45, 7) is 13.9. The van der Waals surface area contributed by atoms with Gasteiger partial charge in [0.25, 0.3) is 0 Å². The van der Waals surface area contributed by atoms with Crippen molar-refractivity contribution in [1.82, 2.24) is 9.32 Å². The Bertz CT molecular complexity index is 869. The third-order valence-electron chi connectivity index (χ3n) is 4.53. The summed E-state index contributed by atoms with van der Waals surface area (Å²) in [6, 6.07) is 7.19. The maximum Gasteiger partial charge on any atom is 0.126 e. The summed E-state index contributed by atoms with van der Waals surface area (Å²) in [4.78, 5) is 10.3. The Morgan fingerprint density at radius 3 is 2.35 bits per heavy atom. The second kappa shape index (κ2) is 12.6. The first-order chi connectivity index (χ1) is 15.0. The van der Waals surface area contributed by atoms with Crippen molar-refractivity contribution >= 4 is 25.2 Å². The predicted octanol–water partition coefficient (Wildman–Crippen LogP) is 4.75. The molecule has 0 N–H and O–H groups in total. The molecule has 0 bridgehead atoms. The Labute approximate surface area is 189 Å². The van der Waals surface area contributed by atoms with E-state index in [1.165, 1.54) is 10.7 Å². The van der Waals surface area contributed by atoms with E-state index >= 15 is 0 Å². The molecule has 0 unspecified atom stereocenters. The summed E-state index contributed by atoms with van der Waals surface area (Å²) >= 11 is 6.68. The van der Waals surface area contributed by atoms with Gasteiger partial charge in [0.1, 0.15) is 29.2 Å². The highest BCUT2D eigenvalue weighted by atomic mass is 35.5. The average molecular weight is 445 g/mol. The zero-order chi connectivity index (χ0) is 22.6. The minimum atomic E-state index is 0.411. The topological polar surface area (TPSA) is 58.9 Å². The quantitative estimate of drug-likeness (QED) is 0.225. The fourth-order valence-corrected chi connectivity index (χ4v) is 3.18. The van der Waals surface area contributed by atoms with Crippen molar-refractivity contribution in [3.05, 3.63) is 71.7 Å². The Kier molecular flexibility index (Phi) is 9.87. The molecule has 7 nitrogen and oxygen atoms in total. The molecule has 0 amide bonds. The van der Waals surface area contributed by atoms with Crippen LogP contribution >= 0.6 is 11.8 Å². The van der Waals surface area contributed by atoms with Gasteiger partial charge in [-0.2, -0.15) is 0 Å². The zero-order valence-electron chi connectivity index (χ0n) is 18.3. The number of halogens is 1. The van der Waals surface area contributed by atoms with Crippen LogP contribution in [0.3, 0.4) is 0 Å². The molecule has 0 aliphatic carbocycles. The van der Waals surface area contributed by atoms with E-state index in [2.05, 4.69) is 28.3 Å². The highest BCUT2D eigenvalue weighted by molar-refractivity contribution is 6.15. The van der Waals surface area contributed by atoms with Crippen molar-refractivity contribution in [1.29, 1.82) is 0 Å². The van der Waals surface area contributed by atoms with E-state index < -0.39 is 0 Å². The standard InChI is InChI=1S/C23H29ClN4O3/c1-6-7-19(27-12-14-30-15-13-27)16-28(24)23(18(2)25-3)22(26-4)17-31-21-10-8-20(29-5)9-11-21/h6-11,16-17H,3-4,12-15H2,1-2,5H3/b7-6-,19-16+,22-17-,23-18-. The maximum absolute atomic E-state index is 6.68. The molecular formula is C23H29ClN4O3. The minimum absolute atomic E-state index is 0.411. The van der Waals surface area contributed by atoms with Gasteiger partial charge in [-0.3, -0.25) is 14.4 Å². The summed E-state index contributed by atoms with van der Waals surface area (Å²) in [5.41, 5.74) is 2.43. The van der Waals surface area contributed by atoms with E-state index in [0.717, 1.165) is 24.5 Å². The summed E-state index contributed by atoms with van der Waals surface area (Å²) in [7, 11) is 1.61. The van der Waals surface area contributed by atoms with Crippen molar-refractivity contribution in [2.24, 2.45) is 9.98 Å². The van der Waals surface area contributed by atoms with Crippen molar-refractivity contribution in [2.45, 2.75) is 13.8 Å². The fraction of sp³-hybridized carbons (Fsp3) is 0.304. The lowest BCUT2D eigenvalue weighted by Gasteiger charge is -2.30. The van der Waals surface area contributed by atoms with Crippen molar-refractivity contribution in [3.8, 4) is 11.5 Å². The number of nitrogens with zero attached hydrogens (tertiary/aromatic N) is 4. The highest BCUT2D eigenvalue weighted by Gasteiger charge is 2.18. The van der Waals surface area contributed by atoms with E-state index in [-0.39, 0.29) is 0 Å². The summed E-state index contributed by atoms with van der Waals surface area (Å²) in [5.74, 6) is 1.35. The average Bonchev–Trinajstić information content (AvgIpc) is 2.81. The molecule has 1 heterocycles. The van der Waals surface area contributed by atoms with Crippen LogP contribution in [0, 0.1) is 0 Å². The van der Waals surface area contributed by atoms with E-state index in [1.54, 1.807) is 38.3 Å². The van der Waals surface area contributed by atoms with Gasteiger partial charge < -0.3 is 19.1 Å². The third-order valence-corrected chi connectivity index (χ3v) is 4.80. The van der Waals surface area contributed by atoms with Crippen molar-refractivity contribution in [3.63, 3.8) is 0 Å². The molecule has 166 valence electrons. The molecular weight excluding hydrogens is 416 g/mol. The molecule has 1 saturated heterocycles. The molecule has 1 fully saturated rings. The number of methoxy groups -OCH3 is 1. The summed E-state index contributed by atoms with van der Waals surface area (Å²) in [5, 5.41) is 0. The van der Waals surface area contributed by atoms with Gasteiger partial charge in [0, 0.05) is 31.1 Å². The number of allylic oxidation sites excluding steroid dienone is 3. The number of hydrogen-bond acceptors (Lipinski definition) is 7. The minimum Gasteiger partial charge on any atom is -0.497 e. The van der Waals surface area contributed by atoms with Gasteiger partial charge in [-0.05, 0) is 57.6 Å². The smallest absolute Gasteiger partial charge is 0.126 e. The van der Waals surface area contributed by atoms with Gasteiger partial charge in [0.05, 0.1) is 31.7 Å². The summed E-state index contributed by atoms with van der Waals surface area (Å²) in [6.07, 6.45) is 7.24. The number of ether oxygens (including phenoxy) is 3. The number of hydrogen-bond donors (Lipinski definition) is 0. The van der Waals surface area contributed by atoms with Crippen LogP contribution in [-0.4, -0.2) is 56.2 Å². The first-order valence-electron chi connectivity index (χ1n) is 9.81.